The van der Waals surface area contributed by atoms with E-state index >= 15 is 0 Å². The molecule has 28 heavy (non-hydrogen) atoms. The molecule has 4 nitrogen and oxygen atoms in total. The largest absolute Gasteiger partial charge is 0.507 e. The Balaban J connectivity index is 0.000000280. The van der Waals surface area contributed by atoms with Gasteiger partial charge >= 0.3 is 0 Å². The lowest BCUT2D eigenvalue weighted by atomic mass is 9.82. The Hall–Kier alpha value is -2.62. The molecule has 0 unspecified atom stereocenters. The Labute approximate surface area is 168 Å². The van der Waals surface area contributed by atoms with Gasteiger partial charge in [0.05, 0.1) is 11.1 Å². The number of hydrogen-bond donors (Lipinski definition) is 2. The van der Waals surface area contributed by atoms with Crippen LogP contribution in [0.25, 0.3) is 0 Å². The predicted octanol–water partition coefficient (Wildman–Crippen LogP) is 5.78. The molecule has 0 aliphatic rings. The first-order valence-corrected chi connectivity index (χ1v) is 9.59. The summed E-state index contributed by atoms with van der Waals surface area (Å²) in [6.45, 7) is 12.7. The van der Waals surface area contributed by atoms with Gasteiger partial charge in [0.2, 0.25) is 0 Å². The van der Waals surface area contributed by atoms with Crippen molar-refractivity contribution in [1.82, 2.24) is 0 Å². The maximum Gasteiger partial charge on any atom is 0.153 e. The molecular formula is C24H32O4. The highest BCUT2D eigenvalue weighted by atomic mass is 16.3. The van der Waals surface area contributed by atoms with E-state index in [9.17, 15) is 19.8 Å². The van der Waals surface area contributed by atoms with Gasteiger partial charge in [-0.1, -0.05) is 53.7 Å². The topological polar surface area (TPSA) is 74.6 Å². The van der Waals surface area contributed by atoms with Crippen molar-refractivity contribution in [2.24, 2.45) is 0 Å². The minimum atomic E-state index is 0.0406. The molecule has 2 rings (SSSR count). The Morgan fingerprint density at radius 1 is 0.714 bits per heavy atom. The molecule has 0 bridgehead atoms. The number of aromatic hydroxyl groups is 2. The average Bonchev–Trinajstić information content (AvgIpc) is 2.68. The van der Waals surface area contributed by atoms with Crippen molar-refractivity contribution in [2.45, 2.75) is 65.2 Å². The smallest absolute Gasteiger partial charge is 0.153 e. The number of carbonyl (C=O) groups excluding carboxylic acids is 2. The van der Waals surface area contributed by atoms with Crippen LogP contribution in [0.2, 0.25) is 0 Å². The molecule has 0 aromatic heterocycles. The fourth-order valence-electron chi connectivity index (χ4n) is 2.54. The van der Waals surface area contributed by atoms with Crippen LogP contribution in [0.4, 0.5) is 0 Å². The normalized spacial score (nSPS) is 11.4. The zero-order valence-electron chi connectivity index (χ0n) is 17.7. The highest BCUT2D eigenvalue weighted by molar-refractivity contribution is 5.79. The summed E-state index contributed by atoms with van der Waals surface area (Å²) in [4.78, 5) is 21.0. The molecule has 0 aliphatic carbocycles. The van der Waals surface area contributed by atoms with Crippen LogP contribution in [0.15, 0.2) is 36.4 Å². The van der Waals surface area contributed by atoms with E-state index in [1.165, 1.54) is 0 Å². The van der Waals surface area contributed by atoms with Crippen molar-refractivity contribution >= 4 is 12.6 Å². The predicted molar refractivity (Wildman–Crippen MR) is 114 cm³/mol. The zero-order valence-corrected chi connectivity index (χ0v) is 17.7. The van der Waals surface area contributed by atoms with Crippen LogP contribution in [-0.2, 0) is 10.8 Å². The van der Waals surface area contributed by atoms with Crippen LogP contribution in [0, 0.1) is 0 Å². The van der Waals surface area contributed by atoms with Crippen LogP contribution in [-0.4, -0.2) is 22.8 Å². The standard InChI is InChI=1S/2C12H16O2/c2*1-4-12(2,3)10-6-5-9(8-13)11(14)7-10/h2*5-8,14H,4H2,1-3H3. The van der Waals surface area contributed by atoms with E-state index in [0.29, 0.717) is 23.7 Å². The van der Waals surface area contributed by atoms with E-state index in [-0.39, 0.29) is 22.3 Å². The lowest BCUT2D eigenvalue weighted by molar-refractivity contribution is 0.111. The molecule has 152 valence electrons. The van der Waals surface area contributed by atoms with Crippen molar-refractivity contribution in [3.63, 3.8) is 0 Å². The second-order valence-electron chi connectivity index (χ2n) is 8.26. The number of phenols is 2. The summed E-state index contributed by atoms with van der Waals surface area (Å²) < 4.78 is 0. The maximum absolute atomic E-state index is 10.5. The lowest BCUT2D eigenvalue weighted by Crippen LogP contribution is -2.15. The van der Waals surface area contributed by atoms with Crippen molar-refractivity contribution < 1.29 is 19.8 Å². The van der Waals surface area contributed by atoms with Crippen molar-refractivity contribution in [2.75, 3.05) is 0 Å². The molecule has 0 saturated carbocycles. The monoisotopic (exact) mass is 384 g/mol. The summed E-state index contributed by atoms with van der Waals surface area (Å²) in [6.07, 6.45) is 3.32. The fraction of sp³-hybridized carbons (Fsp3) is 0.417. The van der Waals surface area contributed by atoms with E-state index in [1.807, 2.05) is 12.1 Å². The molecule has 0 radical (unpaired) electrons. The summed E-state index contributed by atoms with van der Waals surface area (Å²) in [5, 5.41) is 19.0. The second kappa shape index (κ2) is 9.54. The van der Waals surface area contributed by atoms with Gasteiger partial charge in [-0.15, -0.1) is 0 Å². The molecule has 4 heteroatoms. The Morgan fingerprint density at radius 3 is 1.25 bits per heavy atom. The van der Waals surface area contributed by atoms with Gasteiger partial charge in [-0.3, -0.25) is 9.59 Å². The van der Waals surface area contributed by atoms with Crippen LogP contribution in [0.3, 0.4) is 0 Å². The molecule has 0 amide bonds. The molecule has 2 N–H and O–H groups in total. The number of rotatable bonds is 6. The number of aldehydes is 2. The van der Waals surface area contributed by atoms with E-state index in [0.717, 1.165) is 24.0 Å². The first-order valence-electron chi connectivity index (χ1n) is 9.59. The molecule has 2 aromatic carbocycles. The molecule has 0 heterocycles. The van der Waals surface area contributed by atoms with Crippen molar-refractivity contribution in [3.8, 4) is 11.5 Å². The maximum atomic E-state index is 10.5. The first kappa shape index (κ1) is 23.4. The summed E-state index contributed by atoms with van der Waals surface area (Å²) in [5.41, 5.74) is 2.89. The zero-order chi connectivity index (χ0) is 21.5. The van der Waals surface area contributed by atoms with Gasteiger partial charge in [0, 0.05) is 0 Å². The van der Waals surface area contributed by atoms with Gasteiger partial charge in [0.25, 0.3) is 0 Å². The molecule has 2 aromatic rings. The molecule has 0 spiro atoms. The molecule has 0 saturated heterocycles. The Kier molecular flexibility index (Phi) is 7.98. The third kappa shape index (κ3) is 5.69. The SMILES string of the molecule is CCC(C)(C)c1ccc(C=O)c(O)c1.CCC(C)(C)c1ccc(C=O)c(O)c1. The number of carbonyl (C=O) groups is 2. The highest BCUT2D eigenvalue weighted by Crippen LogP contribution is 2.31. The Bertz CT molecular complexity index is 750. The number of benzene rings is 2. The minimum absolute atomic E-state index is 0.0406. The average molecular weight is 385 g/mol. The van der Waals surface area contributed by atoms with Crippen LogP contribution < -0.4 is 0 Å². The van der Waals surface area contributed by atoms with Gasteiger partial charge < -0.3 is 10.2 Å². The lowest BCUT2D eigenvalue weighted by Gasteiger charge is -2.23. The van der Waals surface area contributed by atoms with Crippen LogP contribution >= 0.6 is 0 Å². The van der Waals surface area contributed by atoms with E-state index in [2.05, 4.69) is 41.5 Å². The van der Waals surface area contributed by atoms with E-state index in [1.54, 1.807) is 24.3 Å². The third-order valence-electron chi connectivity index (χ3n) is 5.65. The van der Waals surface area contributed by atoms with Crippen molar-refractivity contribution in [1.29, 1.82) is 0 Å². The van der Waals surface area contributed by atoms with Gasteiger partial charge in [-0.05, 0) is 59.1 Å². The second-order valence-corrected chi connectivity index (χ2v) is 8.26. The molecule has 0 fully saturated rings. The van der Waals surface area contributed by atoms with Crippen LogP contribution in [0.1, 0.15) is 86.2 Å². The minimum Gasteiger partial charge on any atom is -0.507 e. The quantitative estimate of drug-likeness (QED) is 0.619. The Morgan fingerprint density at radius 2 is 1.04 bits per heavy atom. The molecular weight excluding hydrogens is 352 g/mol. The fourth-order valence-corrected chi connectivity index (χ4v) is 2.54. The van der Waals surface area contributed by atoms with Crippen LogP contribution in [0.5, 0.6) is 11.5 Å². The highest BCUT2D eigenvalue weighted by Gasteiger charge is 2.19. The van der Waals surface area contributed by atoms with E-state index in [4.69, 9.17) is 0 Å². The summed E-state index contributed by atoms with van der Waals surface area (Å²) in [7, 11) is 0. The summed E-state index contributed by atoms with van der Waals surface area (Å²) in [5.74, 6) is 0.137. The number of hydrogen-bond acceptors (Lipinski definition) is 4. The van der Waals surface area contributed by atoms with Gasteiger partial charge in [0.15, 0.2) is 12.6 Å². The third-order valence-corrected chi connectivity index (χ3v) is 5.65. The summed E-state index contributed by atoms with van der Waals surface area (Å²) >= 11 is 0. The van der Waals surface area contributed by atoms with Gasteiger partial charge in [-0.2, -0.15) is 0 Å². The van der Waals surface area contributed by atoms with Gasteiger partial charge in [0.1, 0.15) is 11.5 Å². The first-order chi connectivity index (χ1) is 13.0. The number of phenolic OH excluding ortho intramolecular Hbond substituents is 2. The summed E-state index contributed by atoms with van der Waals surface area (Å²) in [6, 6.07) is 10.5. The van der Waals surface area contributed by atoms with Gasteiger partial charge in [-0.25, -0.2) is 0 Å². The van der Waals surface area contributed by atoms with E-state index < -0.39 is 0 Å². The molecule has 0 aliphatic heterocycles. The van der Waals surface area contributed by atoms with Crippen molar-refractivity contribution in [3.05, 3.63) is 58.7 Å². The molecule has 0 atom stereocenters.